The van der Waals surface area contributed by atoms with Crippen LogP contribution in [0.25, 0.3) is 0 Å². The van der Waals surface area contributed by atoms with Gasteiger partial charge in [0.15, 0.2) is 0 Å². The number of carbonyl (C=O) groups excluding carboxylic acids is 1. The van der Waals surface area contributed by atoms with Crippen LogP contribution in [0, 0.1) is 0 Å². The lowest BCUT2D eigenvalue weighted by Crippen LogP contribution is -2.51. The van der Waals surface area contributed by atoms with Gasteiger partial charge in [-0.2, -0.15) is 0 Å². The Bertz CT molecular complexity index is 162. The van der Waals surface area contributed by atoms with Gasteiger partial charge < -0.3 is 10.2 Å². The summed E-state index contributed by atoms with van der Waals surface area (Å²) in [7, 11) is 4.17. The molecule has 0 spiro atoms. The van der Waals surface area contributed by atoms with E-state index in [9.17, 15) is 4.79 Å². The lowest BCUT2D eigenvalue weighted by molar-refractivity contribution is -0.122. The number of hydrogen-bond acceptors (Lipinski definition) is 2. The molecule has 0 radical (unpaired) electrons. The first-order valence-corrected chi connectivity index (χ1v) is 4.59. The van der Waals surface area contributed by atoms with E-state index in [1.165, 1.54) is 0 Å². The Morgan fingerprint density at radius 2 is 2.08 bits per heavy atom. The van der Waals surface area contributed by atoms with Crippen LogP contribution in [0.1, 0.15) is 26.2 Å². The highest BCUT2D eigenvalue weighted by Gasteiger charge is 2.30. The fourth-order valence-corrected chi connectivity index (χ4v) is 1.46. The summed E-state index contributed by atoms with van der Waals surface area (Å²) in [6.45, 7) is 1.89. The molecule has 1 saturated carbocycles. The third kappa shape index (κ3) is 2.21. The second kappa shape index (κ2) is 3.90. The predicted molar refractivity (Wildman–Crippen MR) is 48.9 cm³/mol. The molecule has 0 saturated heterocycles. The van der Waals surface area contributed by atoms with Crippen molar-refractivity contribution in [3.8, 4) is 0 Å². The first-order valence-electron chi connectivity index (χ1n) is 4.59. The lowest BCUT2D eigenvalue weighted by Gasteiger charge is -2.39. The van der Waals surface area contributed by atoms with Crippen molar-refractivity contribution in [1.29, 1.82) is 0 Å². The molecule has 12 heavy (non-hydrogen) atoms. The molecule has 0 bridgehead atoms. The molecule has 0 aromatic rings. The van der Waals surface area contributed by atoms with Gasteiger partial charge in [0.1, 0.15) is 0 Å². The number of nitrogens with zero attached hydrogens (tertiary/aromatic N) is 1. The van der Waals surface area contributed by atoms with Crippen LogP contribution in [0.2, 0.25) is 0 Å². The van der Waals surface area contributed by atoms with Gasteiger partial charge in [-0.05, 0) is 26.9 Å². The summed E-state index contributed by atoms with van der Waals surface area (Å²) in [4.78, 5) is 13.2. The molecule has 0 atom stereocenters. The van der Waals surface area contributed by atoms with Crippen LogP contribution >= 0.6 is 0 Å². The summed E-state index contributed by atoms with van der Waals surface area (Å²) in [6, 6.07) is 1.11. The molecule has 70 valence electrons. The summed E-state index contributed by atoms with van der Waals surface area (Å²) in [6.07, 6.45) is 2.82. The minimum absolute atomic E-state index is 0.178. The van der Waals surface area contributed by atoms with E-state index >= 15 is 0 Å². The SMILES string of the molecule is CCC(=O)NC1CC(N(C)C)C1. The van der Waals surface area contributed by atoms with Gasteiger partial charge in [0.25, 0.3) is 0 Å². The number of nitrogens with one attached hydrogen (secondary N) is 1. The zero-order valence-electron chi connectivity index (χ0n) is 8.13. The highest BCUT2D eigenvalue weighted by Crippen LogP contribution is 2.23. The first kappa shape index (κ1) is 9.52. The van der Waals surface area contributed by atoms with Gasteiger partial charge in [-0.25, -0.2) is 0 Å². The molecule has 3 nitrogen and oxygen atoms in total. The minimum Gasteiger partial charge on any atom is -0.353 e. The quantitative estimate of drug-likeness (QED) is 0.673. The van der Waals surface area contributed by atoms with Crippen molar-refractivity contribution in [1.82, 2.24) is 10.2 Å². The van der Waals surface area contributed by atoms with E-state index in [2.05, 4.69) is 24.3 Å². The molecular formula is C9H18N2O. The van der Waals surface area contributed by atoms with E-state index in [1.54, 1.807) is 0 Å². The molecule has 0 aromatic heterocycles. The molecule has 0 heterocycles. The molecule has 1 amide bonds. The molecular weight excluding hydrogens is 152 g/mol. The van der Waals surface area contributed by atoms with Gasteiger partial charge in [0.2, 0.25) is 5.91 Å². The normalized spacial score (nSPS) is 28.3. The van der Waals surface area contributed by atoms with Crippen LogP contribution in [-0.4, -0.2) is 37.0 Å². The Hall–Kier alpha value is -0.570. The van der Waals surface area contributed by atoms with Crippen LogP contribution in [-0.2, 0) is 4.79 Å². The zero-order chi connectivity index (χ0) is 9.14. The highest BCUT2D eigenvalue weighted by atomic mass is 16.1. The van der Waals surface area contributed by atoms with Crippen molar-refractivity contribution in [2.75, 3.05) is 14.1 Å². The molecule has 1 fully saturated rings. The Labute approximate surface area is 74.1 Å². The molecule has 1 aliphatic rings. The Morgan fingerprint density at radius 1 is 1.50 bits per heavy atom. The summed E-state index contributed by atoms with van der Waals surface area (Å²) >= 11 is 0. The van der Waals surface area contributed by atoms with E-state index in [4.69, 9.17) is 0 Å². The Balaban J connectivity index is 2.13. The van der Waals surface area contributed by atoms with Crippen molar-refractivity contribution in [2.24, 2.45) is 0 Å². The Kier molecular flexibility index (Phi) is 3.09. The molecule has 3 heteroatoms. The van der Waals surface area contributed by atoms with E-state index in [0.717, 1.165) is 12.8 Å². The second-order valence-corrected chi connectivity index (χ2v) is 3.71. The van der Waals surface area contributed by atoms with Crippen molar-refractivity contribution < 1.29 is 4.79 Å². The maximum atomic E-state index is 11.0. The van der Waals surface area contributed by atoms with Crippen molar-refractivity contribution >= 4 is 5.91 Å². The van der Waals surface area contributed by atoms with Gasteiger partial charge in [0, 0.05) is 18.5 Å². The molecule has 1 N–H and O–H groups in total. The van der Waals surface area contributed by atoms with Gasteiger partial charge in [0.05, 0.1) is 0 Å². The number of hydrogen-bond donors (Lipinski definition) is 1. The average Bonchev–Trinajstić information content (AvgIpc) is 1.94. The summed E-state index contributed by atoms with van der Waals surface area (Å²) in [5, 5.41) is 2.99. The lowest BCUT2D eigenvalue weighted by atomic mass is 9.86. The molecule has 1 aliphatic carbocycles. The van der Waals surface area contributed by atoms with Gasteiger partial charge in [-0.1, -0.05) is 6.92 Å². The molecule has 1 rings (SSSR count). The predicted octanol–water partition coefficient (Wildman–Crippen LogP) is 0.605. The Morgan fingerprint density at radius 3 is 2.50 bits per heavy atom. The van der Waals surface area contributed by atoms with Crippen LogP contribution in [0.4, 0.5) is 0 Å². The fraction of sp³-hybridized carbons (Fsp3) is 0.889. The van der Waals surface area contributed by atoms with Gasteiger partial charge in [-0.3, -0.25) is 4.79 Å². The first-order chi connectivity index (χ1) is 5.63. The van der Waals surface area contributed by atoms with Gasteiger partial charge >= 0.3 is 0 Å². The summed E-state index contributed by atoms with van der Waals surface area (Å²) in [5.41, 5.74) is 0. The number of rotatable bonds is 3. The summed E-state index contributed by atoms with van der Waals surface area (Å²) in [5.74, 6) is 0.178. The largest absolute Gasteiger partial charge is 0.353 e. The van der Waals surface area contributed by atoms with Crippen LogP contribution in [0.5, 0.6) is 0 Å². The van der Waals surface area contributed by atoms with E-state index in [-0.39, 0.29) is 5.91 Å². The third-order valence-electron chi connectivity index (χ3n) is 2.53. The highest BCUT2D eigenvalue weighted by molar-refractivity contribution is 5.75. The third-order valence-corrected chi connectivity index (χ3v) is 2.53. The smallest absolute Gasteiger partial charge is 0.219 e. The minimum atomic E-state index is 0.178. The molecule has 0 aliphatic heterocycles. The van der Waals surface area contributed by atoms with Crippen LogP contribution < -0.4 is 5.32 Å². The zero-order valence-corrected chi connectivity index (χ0v) is 8.13. The van der Waals surface area contributed by atoms with Crippen molar-refractivity contribution in [3.63, 3.8) is 0 Å². The fourth-order valence-electron chi connectivity index (χ4n) is 1.46. The van der Waals surface area contributed by atoms with Crippen molar-refractivity contribution in [3.05, 3.63) is 0 Å². The number of carbonyl (C=O) groups is 1. The van der Waals surface area contributed by atoms with E-state index < -0.39 is 0 Å². The van der Waals surface area contributed by atoms with Crippen LogP contribution in [0.3, 0.4) is 0 Å². The molecule has 0 aromatic carbocycles. The monoisotopic (exact) mass is 170 g/mol. The molecule has 0 unspecified atom stereocenters. The topological polar surface area (TPSA) is 32.3 Å². The maximum Gasteiger partial charge on any atom is 0.219 e. The summed E-state index contributed by atoms with van der Waals surface area (Å²) < 4.78 is 0. The second-order valence-electron chi connectivity index (χ2n) is 3.71. The van der Waals surface area contributed by atoms with E-state index in [0.29, 0.717) is 18.5 Å². The van der Waals surface area contributed by atoms with Crippen LogP contribution in [0.15, 0.2) is 0 Å². The van der Waals surface area contributed by atoms with Crippen molar-refractivity contribution in [2.45, 2.75) is 38.3 Å². The van der Waals surface area contributed by atoms with E-state index in [1.807, 2.05) is 6.92 Å². The van der Waals surface area contributed by atoms with Gasteiger partial charge in [-0.15, -0.1) is 0 Å². The standard InChI is InChI=1S/C9H18N2O/c1-4-9(12)10-7-5-8(6-7)11(2)3/h7-8H,4-6H2,1-3H3,(H,10,12). The maximum absolute atomic E-state index is 11.0. The number of amides is 1. The average molecular weight is 170 g/mol.